The quantitative estimate of drug-likeness (QED) is 0.221. The molecule has 1 heterocycles. The van der Waals surface area contributed by atoms with Crippen molar-refractivity contribution in [2.45, 2.75) is 19.9 Å². The highest BCUT2D eigenvalue weighted by Gasteiger charge is 1.99. The molecule has 0 aliphatic carbocycles. The second-order valence-corrected chi connectivity index (χ2v) is 5.70. The fraction of sp³-hybridized carbons (Fsp3) is 0.474. The summed E-state index contributed by atoms with van der Waals surface area (Å²) >= 11 is 0. The van der Waals surface area contributed by atoms with Crippen LogP contribution in [0.5, 0.6) is 0 Å². The van der Waals surface area contributed by atoms with Gasteiger partial charge in [0.25, 0.3) is 0 Å². The number of hydrogen-bond acceptors (Lipinski definition) is 4. The third-order valence-corrected chi connectivity index (χ3v) is 3.66. The first kappa shape index (κ1) is 23.4. The molecular formula is C19H30IN5O2. The first-order chi connectivity index (χ1) is 12.8. The molecule has 0 saturated carbocycles. The van der Waals surface area contributed by atoms with E-state index in [9.17, 15) is 0 Å². The van der Waals surface area contributed by atoms with E-state index in [-0.39, 0.29) is 24.0 Å². The predicted octanol–water partition coefficient (Wildman–Crippen LogP) is 2.60. The summed E-state index contributed by atoms with van der Waals surface area (Å²) in [5.74, 6) is 0.820. The Morgan fingerprint density at radius 2 is 1.96 bits per heavy atom. The summed E-state index contributed by atoms with van der Waals surface area (Å²) in [4.78, 5) is 4.63. The highest BCUT2D eigenvalue weighted by molar-refractivity contribution is 14.0. The van der Waals surface area contributed by atoms with Crippen molar-refractivity contribution in [1.29, 1.82) is 0 Å². The summed E-state index contributed by atoms with van der Waals surface area (Å²) in [5, 5.41) is 10.8. The maximum atomic E-state index is 5.45. The Balaban J connectivity index is 0.00000364. The van der Waals surface area contributed by atoms with Crippen molar-refractivity contribution in [1.82, 2.24) is 20.4 Å². The minimum Gasteiger partial charge on any atom is -0.382 e. The fourth-order valence-corrected chi connectivity index (χ4v) is 2.31. The Morgan fingerprint density at radius 3 is 2.63 bits per heavy atom. The van der Waals surface area contributed by atoms with Crippen molar-refractivity contribution in [2.24, 2.45) is 4.99 Å². The van der Waals surface area contributed by atoms with Gasteiger partial charge in [0, 0.05) is 39.2 Å². The molecule has 0 atom stereocenters. The number of benzene rings is 1. The molecule has 150 valence electrons. The third-order valence-electron chi connectivity index (χ3n) is 3.66. The van der Waals surface area contributed by atoms with Gasteiger partial charge in [0.2, 0.25) is 0 Å². The number of aromatic nitrogens is 2. The van der Waals surface area contributed by atoms with E-state index in [4.69, 9.17) is 9.47 Å². The molecule has 0 saturated heterocycles. The van der Waals surface area contributed by atoms with Gasteiger partial charge in [-0.15, -0.1) is 24.0 Å². The molecule has 0 aliphatic rings. The van der Waals surface area contributed by atoms with Crippen LogP contribution in [0.3, 0.4) is 0 Å². The van der Waals surface area contributed by atoms with Crippen molar-refractivity contribution in [3.63, 3.8) is 0 Å². The molecular weight excluding hydrogens is 457 g/mol. The van der Waals surface area contributed by atoms with Gasteiger partial charge in [-0.05, 0) is 37.1 Å². The minimum atomic E-state index is 0. The van der Waals surface area contributed by atoms with E-state index in [1.54, 1.807) is 13.3 Å². The van der Waals surface area contributed by atoms with Gasteiger partial charge in [0.05, 0.1) is 25.4 Å². The van der Waals surface area contributed by atoms with Gasteiger partial charge in [-0.3, -0.25) is 0 Å². The number of nitrogens with one attached hydrogen (secondary N) is 2. The lowest BCUT2D eigenvalue weighted by atomic mass is 10.2. The molecule has 7 nitrogen and oxygen atoms in total. The van der Waals surface area contributed by atoms with Crippen molar-refractivity contribution in [3.8, 4) is 5.69 Å². The zero-order valence-electron chi connectivity index (χ0n) is 16.1. The SMILES string of the molecule is CCNC(=NCc1ccc(-n2cccn2)cc1)NCCCOCCOC.I. The Hall–Kier alpha value is -1.65. The number of rotatable bonds is 11. The van der Waals surface area contributed by atoms with E-state index in [1.165, 1.54) is 0 Å². The summed E-state index contributed by atoms with van der Waals surface area (Å²) < 4.78 is 12.2. The largest absolute Gasteiger partial charge is 0.382 e. The number of halogens is 1. The van der Waals surface area contributed by atoms with E-state index in [0.29, 0.717) is 26.4 Å². The first-order valence-electron chi connectivity index (χ1n) is 9.01. The van der Waals surface area contributed by atoms with Crippen LogP contribution in [0.4, 0.5) is 0 Å². The number of hydrogen-bond donors (Lipinski definition) is 2. The number of ether oxygens (including phenoxy) is 2. The second-order valence-electron chi connectivity index (χ2n) is 5.70. The van der Waals surface area contributed by atoms with Crippen LogP contribution >= 0.6 is 24.0 Å². The Kier molecular flexibility index (Phi) is 12.5. The molecule has 1 aromatic heterocycles. The highest BCUT2D eigenvalue weighted by Crippen LogP contribution is 2.09. The summed E-state index contributed by atoms with van der Waals surface area (Å²) in [6.45, 7) is 6.31. The van der Waals surface area contributed by atoms with Gasteiger partial charge in [-0.1, -0.05) is 12.1 Å². The van der Waals surface area contributed by atoms with Crippen LogP contribution in [-0.2, 0) is 16.0 Å². The Labute approximate surface area is 178 Å². The molecule has 2 rings (SSSR count). The first-order valence-corrected chi connectivity index (χ1v) is 9.01. The van der Waals surface area contributed by atoms with E-state index >= 15 is 0 Å². The van der Waals surface area contributed by atoms with Crippen LogP contribution < -0.4 is 10.6 Å². The Bertz CT molecular complexity index is 632. The molecule has 0 radical (unpaired) electrons. The average Bonchev–Trinajstić information content (AvgIpc) is 3.20. The zero-order valence-corrected chi connectivity index (χ0v) is 18.4. The van der Waals surface area contributed by atoms with Crippen molar-refractivity contribution >= 4 is 29.9 Å². The fourth-order valence-electron chi connectivity index (χ4n) is 2.31. The smallest absolute Gasteiger partial charge is 0.191 e. The summed E-state index contributed by atoms with van der Waals surface area (Å²) in [5.41, 5.74) is 2.20. The molecule has 1 aromatic carbocycles. The summed E-state index contributed by atoms with van der Waals surface area (Å²) in [6, 6.07) is 10.2. The summed E-state index contributed by atoms with van der Waals surface area (Å²) in [6.07, 6.45) is 4.63. The van der Waals surface area contributed by atoms with Crippen LogP contribution in [0.2, 0.25) is 0 Å². The van der Waals surface area contributed by atoms with Crippen LogP contribution in [0.15, 0.2) is 47.7 Å². The van der Waals surface area contributed by atoms with E-state index < -0.39 is 0 Å². The van der Waals surface area contributed by atoms with Gasteiger partial charge in [0.1, 0.15) is 0 Å². The maximum Gasteiger partial charge on any atom is 0.191 e. The molecule has 0 bridgehead atoms. The van der Waals surface area contributed by atoms with Gasteiger partial charge in [-0.25, -0.2) is 9.67 Å². The standard InChI is InChI=1S/C19H29N5O2.HI/c1-3-20-19(21-10-5-13-26-15-14-25-2)22-16-17-6-8-18(9-7-17)24-12-4-11-23-24;/h4,6-9,11-12H,3,5,10,13-16H2,1-2H3,(H2,20,21,22);1H. The van der Waals surface area contributed by atoms with Crippen LogP contribution in [0.25, 0.3) is 5.69 Å². The van der Waals surface area contributed by atoms with Crippen molar-refractivity contribution in [2.75, 3.05) is 40.0 Å². The maximum absolute atomic E-state index is 5.45. The topological polar surface area (TPSA) is 72.7 Å². The van der Waals surface area contributed by atoms with Gasteiger partial charge < -0.3 is 20.1 Å². The summed E-state index contributed by atoms with van der Waals surface area (Å²) in [7, 11) is 1.68. The molecule has 2 N–H and O–H groups in total. The Morgan fingerprint density at radius 1 is 1.15 bits per heavy atom. The monoisotopic (exact) mass is 487 g/mol. The van der Waals surface area contributed by atoms with Crippen LogP contribution in [-0.4, -0.2) is 55.8 Å². The van der Waals surface area contributed by atoms with Crippen LogP contribution in [0.1, 0.15) is 18.9 Å². The van der Waals surface area contributed by atoms with Gasteiger partial charge >= 0.3 is 0 Å². The average molecular weight is 487 g/mol. The lowest BCUT2D eigenvalue weighted by Gasteiger charge is -2.11. The lowest BCUT2D eigenvalue weighted by molar-refractivity contribution is 0.0698. The van der Waals surface area contributed by atoms with Crippen molar-refractivity contribution < 1.29 is 9.47 Å². The second kappa shape index (κ2) is 14.4. The predicted molar refractivity (Wildman–Crippen MR) is 119 cm³/mol. The van der Waals surface area contributed by atoms with E-state index in [0.717, 1.165) is 36.7 Å². The lowest BCUT2D eigenvalue weighted by Crippen LogP contribution is -2.38. The molecule has 2 aromatic rings. The van der Waals surface area contributed by atoms with E-state index in [1.807, 2.05) is 16.9 Å². The molecule has 0 aliphatic heterocycles. The molecule has 8 heteroatoms. The third kappa shape index (κ3) is 9.21. The molecule has 0 unspecified atom stereocenters. The van der Waals surface area contributed by atoms with Gasteiger partial charge in [0.15, 0.2) is 5.96 Å². The number of nitrogens with zero attached hydrogens (tertiary/aromatic N) is 3. The number of aliphatic imine (C=N–C) groups is 1. The zero-order chi connectivity index (χ0) is 18.5. The van der Waals surface area contributed by atoms with Crippen LogP contribution in [0, 0.1) is 0 Å². The molecule has 0 amide bonds. The van der Waals surface area contributed by atoms with E-state index in [2.05, 4.69) is 51.9 Å². The molecule has 27 heavy (non-hydrogen) atoms. The van der Waals surface area contributed by atoms with Crippen molar-refractivity contribution in [3.05, 3.63) is 48.3 Å². The number of methoxy groups -OCH3 is 1. The minimum absolute atomic E-state index is 0. The number of guanidine groups is 1. The normalized spacial score (nSPS) is 11.1. The molecule has 0 spiro atoms. The molecule has 0 fully saturated rings. The highest BCUT2D eigenvalue weighted by atomic mass is 127. The van der Waals surface area contributed by atoms with Gasteiger partial charge in [-0.2, -0.15) is 5.10 Å².